The lowest BCUT2D eigenvalue weighted by molar-refractivity contribution is 0.417. The molecule has 3 aromatic rings. The summed E-state index contributed by atoms with van der Waals surface area (Å²) in [6, 6.07) is 9.46. The highest BCUT2D eigenvalue weighted by Crippen LogP contribution is 2.37. The molecule has 3 rings (SSSR count). The number of hydrogen-bond donors (Lipinski definition) is 1. The van der Waals surface area contributed by atoms with E-state index in [-0.39, 0.29) is 0 Å². The lowest BCUT2D eigenvalue weighted by Crippen LogP contribution is -1.82. The number of benzene rings is 1. The molecule has 6 nitrogen and oxygen atoms in total. The second-order valence-electron chi connectivity index (χ2n) is 3.90. The zero-order chi connectivity index (χ0) is 13.9. The Labute approximate surface area is 118 Å². The van der Waals surface area contributed by atoms with Gasteiger partial charge in [0.15, 0.2) is 0 Å². The highest BCUT2D eigenvalue weighted by molar-refractivity contribution is 7.18. The normalized spacial score (nSPS) is 10.2. The SMILES string of the molecule is [C-]#[N+]c1cc(-c2ccc(-c3nn[nH]n3)s2)ccc1OC. The van der Waals surface area contributed by atoms with Crippen molar-refractivity contribution >= 4 is 17.0 Å². The third-order valence-corrected chi connectivity index (χ3v) is 3.89. The van der Waals surface area contributed by atoms with Gasteiger partial charge in [-0.25, -0.2) is 4.85 Å². The number of ether oxygens (including phenoxy) is 1. The number of thiophene rings is 1. The van der Waals surface area contributed by atoms with Crippen LogP contribution in [0.3, 0.4) is 0 Å². The molecule has 1 aromatic carbocycles. The average molecular weight is 283 g/mol. The van der Waals surface area contributed by atoms with Crippen molar-refractivity contribution < 1.29 is 4.74 Å². The van der Waals surface area contributed by atoms with E-state index in [1.165, 1.54) is 0 Å². The van der Waals surface area contributed by atoms with Crippen molar-refractivity contribution in [1.29, 1.82) is 0 Å². The molecule has 0 saturated carbocycles. The van der Waals surface area contributed by atoms with Gasteiger partial charge in [0.25, 0.3) is 0 Å². The van der Waals surface area contributed by atoms with Crippen LogP contribution in [0, 0.1) is 6.57 Å². The predicted molar refractivity (Wildman–Crippen MR) is 75.7 cm³/mol. The fraction of sp³-hybridized carbons (Fsp3) is 0.0769. The quantitative estimate of drug-likeness (QED) is 0.750. The van der Waals surface area contributed by atoms with E-state index >= 15 is 0 Å². The Bertz CT molecular complexity index is 772. The van der Waals surface area contributed by atoms with Gasteiger partial charge >= 0.3 is 0 Å². The Morgan fingerprint density at radius 2 is 2.10 bits per heavy atom. The summed E-state index contributed by atoms with van der Waals surface area (Å²) in [5.41, 5.74) is 1.47. The van der Waals surface area contributed by atoms with Gasteiger partial charge in [-0.3, -0.25) is 0 Å². The van der Waals surface area contributed by atoms with Gasteiger partial charge in [-0.15, -0.1) is 21.5 Å². The van der Waals surface area contributed by atoms with Gasteiger partial charge in [0, 0.05) is 4.88 Å². The van der Waals surface area contributed by atoms with E-state index in [1.54, 1.807) is 24.5 Å². The van der Waals surface area contributed by atoms with E-state index in [1.807, 2.05) is 24.3 Å². The number of aromatic nitrogens is 4. The van der Waals surface area contributed by atoms with Crippen LogP contribution in [0.15, 0.2) is 30.3 Å². The Hall–Kier alpha value is -2.72. The number of tetrazole rings is 1. The minimum Gasteiger partial charge on any atom is -0.508 e. The Balaban J connectivity index is 2.00. The number of hydrogen-bond acceptors (Lipinski definition) is 5. The van der Waals surface area contributed by atoms with Crippen LogP contribution in [-0.2, 0) is 0 Å². The summed E-state index contributed by atoms with van der Waals surface area (Å²) in [6.07, 6.45) is 0. The van der Waals surface area contributed by atoms with Crippen LogP contribution in [-0.4, -0.2) is 27.7 Å². The molecule has 0 saturated heterocycles. The number of aromatic amines is 1. The van der Waals surface area contributed by atoms with Crippen LogP contribution in [0.4, 0.5) is 5.69 Å². The molecule has 0 amide bonds. The Morgan fingerprint density at radius 3 is 2.80 bits per heavy atom. The second kappa shape index (κ2) is 5.11. The van der Waals surface area contributed by atoms with Gasteiger partial charge in [-0.1, -0.05) is 6.07 Å². The van der Waals surface area contributed by atoms with Gasteiger partial charge in [0.05, 0.1) is 18.6 Å². The van der Waals surface area contributed by atoms with Crippen LogP contribution in [0.25, 0.3) is 26.0 Å². The largest absolute Gasteiger partial charge is 0.508 e. The second-order valence-corrected chi connectivity index (χ2v) is 4.98. The molecular formula is C13H9N5OS. The smallest absolute Gasteiger partial charge is 0.228 e. The first-order valence-electron chi connectivity index (χ1n) is 5.71. The molecule has 98 valence electrons. The zero-order valence-electron chi connectivity index (χ0n) is 10.5. The van der Waals surface area contributed by atoms with Crippen molar-refractivity contribution in [3.63, 3.8) is 0 Å². The number of methoxy groups -OCH3 is 1. The molecule has 0 spiro atoms. The first kappa shape index (κ1) is 12.3. The lowest BCUT2D eigenvalue weighted by Gasteiger charge is -2.04. The first-order valence-corrected chi connectivity index (χ1v) is 6.53. The molecule has 0 aliphatic carbocycles. The van der Waals surface area contributed by atoms with Crippen molar-refractivity contribution in [1.82, 2.24) is 20.6 Å². The molecular weight excluding hydrogens is 274 g/mol. The summed E-state index contributed by atoms with van der Waals surface area (Å²) < 4.78 is 5.15. The maximum Gasteiger partial charge on any atom is 0.228 e. The summed E-state index contributed by atoms with van der Waals surface area (Å²) in [5, 5.41) is 13.9. The molecule has 2 aromatic heterocycles. The third-order valence-electron chi connectivity index (χ3n) is 2.76. The minimum atomic E-state index is 0.500. The summed E-state index contributed by atoms with van der Waals surface area (Å²) in [6.45, 7) is 7.18. The molecule has 7 heteroatoms. The van der Waals surface area contributed by atoms with E-state index in [0.29, 0.717) is 17.3 Å². The van der Waals surface area contributed by atoms with Crippen LogP contribution in [0.1, 0.15) is 0 Å². The fourth-order valence-electron chi connectivity index (χ4n) is 1.81. The number of rotatable bonds is 3. The van der Waals surface area contributed by atoms with Crippen molar-refractivity contribution in [3.8, 4) is 26.9 Å². The summed E-state index contributed by atoms with van der Waals surface area (Å²) in [4.78, 5) is 5.44. The van der Waals surface area contributed by atoms with E-state index in [9.17, 15) is 0 Å². The lowest BCUT2D eigenvalue weighted by atomic mass is 10.1. The molecule has 1 N–H and O–H groups in total. The maximum absolute atomic E-state index is 7.18. The average Bonchev–Trinajstić information content (AvgIpc) is 3.16. The number of nitrogens with one attached hydrogen (secondary N) is 1. The van der Waals surface area contributed by atoms with E-state index < -0.39 is 0 Å². The molecule has 0 aliphatic rings. The highest BCUT2D eigenvalue weighted by atomic mass is 32.1. The number of H-pyrrole nitrogens is 1. The van der Waals surface area contributed by atoms with Gasteiger partial charge in [-0.05, 0) is 35.0 Å². The molecule has 0 unspecified atom stereocenters. The topological polar surface area (TPSA) is 68.0 Å². The van der Waals surface area contributed by atoms with Crippen LogP contribution in [0.5, 0.6) is 5.75 Å². The number of nitrogens with zero attached hydrogens (tertiary/aromatic N) is 4. The van der Waals surface area contributed by atoms with E-state index in [2.05, 4.69) is 25.5 Å². The van der Waals surface area contributed by atoms with Crippen LogP contribution in [0.2, 0.25) is 0 Å². The van der Waals surface area contributed by atoms with Crippen molar-refractivity contribution in [2.45, 2.75) is 0 Å². The summed E-state index contributed by atoms with van der Waals surface area (Å²) in [5.74, 6) is 1.15. The third kappa shape index (κ3) is 2.13. The molecule has 0 radical (unpaired) electrons. The molecule has 0 atom stereocenters. The zero-order valence-corrected chi connectivity index (χ0v) is 11.3. The van der Waals surface area contributed by atoms with E-state index in [4.69, 9.17) is 11.3 Å². The molecule has 0 fully saturated rings. The van der Waals surface area contributed by atoms with Gasteiger partial charge in [-0.2, -0.15) is 5.21 Å². The van der Waals surface area contributed by atoms with E-state index in [0.717, 1.165) is 15.3 Å². The fourth-order valence-corrected chi connectivity index (χ4v) is 2.74. The van der Waals surface area contributed by atoms with Crippen molar-refractivity contribution in [3.05, 3.63) is 41.7 Å². The predicted octanol–water partition coefficient (Wildman–Crippen LogP) is 3.15. The van der Waals surface area contributed by atoms with Crippen molar-refractivity contribution in [2.24, 2.45) is 0 Å². The first-order chi connectivity index (χ1) is 9.81. The molecule has 0 bridgehead atoms. The van der Waals surface area contributed by atoms with Crippen LogP contribution < -0.4 is 4.74 Å². The highest BCUT2D eigenvalue weighted by Gasteiger charge is 2.10. The molecule has 0 aliphatic heterocycles. The monoisotopic (exact) mass is 283 g/mol. The minimum absolute atomic E-state index is 0.500. The van der Waals surface area contributed by atoms with Crippen LogP contribution >= 0.6 is 11.3 Å². The maximum atomic E-state index is 7.18. The molecule has 2 heterocycles. The Morgan fingerprint density at radius 1 is 1.25 bits per heavy atom. The standard InChI is InChI=1S/C13H9N5OS/c1-14-9-7-8(3-4-10(9)19-2)11-5-6-12(20-11)13-15-17-18-16-13/h3-7H,2H3,(H,15,16,17,18). The van der Waals surface area contributed by atoms with Gasteiger partial charge < -0.3 is 4.74 Å². The van der Waals surface area contributed by atoms with Gasteiger partial charge in [0.1, 0.15) is 5.75 Å². The van der Waals surface area contributed by atoms with Gasteiger partial charge in [0.2, 0.25) is 11.5 Å². The Kier molecular flexibility index (Phi) is 3.15. The molecule has 20 heavy (non-hydrogen) atoms. The summed E-state index contributed by atoms with van der Waals surface area (Å²) >= 11 is 1.55. The summed E-state index contributed by atoms with van der Waals surface area (Å²) in [7, 11) is 1.56. The van der Waals surface area contributed by atoms with Crippen molar-refractivity contribution in [2.75, 3.05) is 7.11 Å².